The number of aryl methyl sites for hydroxylation is 1. The maximum Gasteiger partial charge on any atom is 0.122 e. The van der Waals surface area contributed by atoms with E-state index >= 15 is 0 Å². The molecular weight excluding hydrogens is 246 g/mol. The van der Waals surface area contributed by atoms with Gasteiger partial charge in [-0.15, -0.1) is 0 Å². The number of hydrogen-bond donors (Lipinski definition) is 1. The Hall–Kier alpha value is -0.730. The lowest BCUT2D eigenvalue weighted by Crippen LogP contribution is -2.15. The van der Waals surface area contributed by atoms with Crippen molar-refractivity contribution in [2.45, 2.75) is 52.5 Å². The minimum atomic E-state index is 0.236. The average Bonchev–Trinajstić information content (AvgIpc) is 2.32. The van der Waals surface area contributed by atoms with Crippen molar-refractivity contribution in [1.82, 2.24) is 0 Å². The second kappa shape index (κ2) is 6.44. The molecule has 0 saturated carbocycles. The molecule has 0 fully saturated rings. The first kappa shape index (κ1) is 15.3. The van der Waals surface area contributed by atoms with Crippen LogP contribution in [0.5, 0.6) is 5.75 Å². The molecule has 0 aliphatic carbocycles. The van der Waals surface area contributed by atoms with Gasteiger partial charge in [0.25, 0.3) is 0 Å². The summed E-state index contributed by atoms with van der Waals surface area (Å²) in [6, 6.07) is 2.26. The van der Waals surface area contributed by atoms with E-state index in [-0.39, 0.29) is 6.04 Å². The van der Waals surface area contributed by atoms with Crippen molar-refractivity contribution in [2.75, 3.05) is 7.11 Å². The number of ether oxygens (including phenoxy) is 1. The summed E-state index contributed by atoms with van der Waals surface area (Å²) >= 11 is 6.34. The van der Waals surface area contributed by atoms with Crippen LogP contribution in [-0.4, -0.2) is 13.2 Å². The molecule has 2 atom stereocenters. The van der Waals surface area contributed by atoms with Gasteiger partial charge in [-0.05, 0) is 56.7 Å². The van der Waals surface area contributed by atoms with Crippen molar-refractivity contribution in [3.8, 4) is 5.75 Å². The lowest BCUT2D eigenvalue weighted by atomic mass is 9.89. The van der Waals surface area contributed by atoms with E-state index in [0.29, 0.717) is 5.92 Å². The van der Waals surface area contributed by atoms with Crippen molar-refractivity contribution >= 4 is 11.6 Å². The standard InChI is InChI=1S/C15H24ClNO/c1-9(6-7-11(3)17)14-12(4)15(16)10(2)8-13(14)18-5/h8-9,11H,6-7,17H2,1-5H3. The van der Waals surface area contributed by atoms with Gasteiger partial charge in [0.2, 0.25) is 0 Å². The highest BCUT2D eigenvalue weighted by atomic mass is 35.5. The molecule has 1 aromatic rings. The molecule has 0 bridgehead atoms. The van der Waals surface area contributed by atoms with E-state index in [1.807, 2.05) is 19.9 Å². The molecule has 102 valence electrons. The van der Waals surface area contributed by atoms with Crippen LogP contribution in [0.4, 0.5) is 0 Å². The third kappa shape index (κ3) is 3.39. The van der Waals surface area contributed by atoms with Gasteiger partial charge in [0.05, 0.1) is 7.11 Å². The van der Waals surface area contributed by atoms with Gasteiger partial charge in [0, 0.05) is 16.6 Å². The molecule has 2 unspecified atom stereocenters. The maximum atomic E-state index is 6.34. The molecule has 1 aromatic carbocycles. The van der Waals surface area contributed by atoms with Crippen LogP contribution in [-0.2, 0) is 0 Å². The molecule has 0 aliphatic heterocycles. The van der Waals surface area contributed by atoms with E-state index in [1.54, 1.807) is 7.11 Å². The molecule has 0 radical (unpaired) electrons. The Morgan fingerprint density at radius 1 is 1.28 bits per heavy atom. The fraction of sp³-hybridized carbons (Fsp3) is 0.600. The van der Waals surface area contributed by atoms with Gasteiger partial charge in [-0.1, -0.05) is 18.5 Å². The quantitative estimate of drug-likeness (QED) is 0.870. The van der Waals surface area contributed by atoms with Gasteiger partial charge in [0.15, 0.2) is 0 Å². The highest BCUT2D eigenvalue weighted by molar-refractivity contribution is 6.32. The third-order valence-electron chi connectivity index (χ3n) is 3.46. The van der Waals surface area contributed by atoms with Crippen molar-refractivity contribution in [2.24, 2.45) is 5.73 Å². The smallest absolute Gasteiger partial charge is 0.122 e. The van der Waals surface area contributed by atoms with Crippen molar-refractivity contribution in [3.05, 3.63) is 27.8 Å². The zero-order valence-corrected chi connectivity index (χ0v) is 12.8. The lowest BCUT2D eigenvalue weighted by molar-refractivity contribution is 0.403. The van der Waals surface area contributed by atoms with Crippen LogP contribution in [0.1, 0.15) is 49.3 Å². The van der Waals surface area contributed by atoms with E-state index in [2.05, 4.69) is 13.8 Å². The summed E-state index contributed by atoms with van der Waals surface area (Å²) in [5.41, 5.74) is 9.23. The first-order valence-corrected chi connectivity index (χ1v) is 6.85. The molecule has 0 aromatic heterocycles. The topological polar surface area (TPSA) is 35.2 Å². The monoisotopic (exact) mass is 269 g/mol. The Balaban J connectivity index is 3.09. The Morgan fingerprint density at radius 3 is 2.39 bits per heavy atom. The first-order chi connectivity index (χ1) is 8.38. The molecule has 0 saturated heterocycles. The minimum Gasteiger partial charge on any atom is -0.496 e. The highest BCUT2D eigenvalue weighted by Crippen LogP contribution is 2.38. The van der Waals surface area contributed by atoms with Crippen LogP contribution in [0, 0.1) is 13.8 Å². The molecule has 18 heavy (non-hydrogen) atoms. The van der Waals surface area contributed by atoms with Gasteiger partial charge < -0.3 is 10.5 Å². The van der Waals surface area contributed by atoms with Crippen molar-refractivity contribution < 1.29 is 4.74 Å². The number of hydrogen-bond acceptors (Lipinski definition) is 2. The van der Waals surface area contributed by atoms with E-state index in [0.717, 1.165) is 34.7 Å². The number of nitrogens with two attached hydrogens (primary N) is 1. The Labute approximate surface area is 115 Å². The van der Waals surface area contributed by atoms with Gasteiger partial charge in [-0.25, -0.2) is 0 Å². The summed E-state index contributed by atoms with van der Waals surface area (Å²) < 4.78 is 5.50. The van der Waals surface area contributed by atoms with Gasteiger partial charge in [-0.3, -0.25) is 0 Å². The predicted molar refractivity (Wildman–Crippen MR) is 78.8 cm³/mol. The zero-order chi connectivity index (χ0) is 13.9. The SMILES string of the molecule is COc1cc(C)c(Cl)c(C)c1C(C)CCC(C)N. The van der Waals surface area contributed by atoms with E-state index in [9.17, 15) is 0 Å². The van der Waals surface area contributed by atoms with E-state index < -0.39 is 0 Å². The second-order valence-corrected chi connectivity index (χ2v) is 5.58. The summed E-state index contributed by atoms with van der Waals surface area (Å²) in [7, 11) is 1.71. The van der Waals surface area contributed by atoms with Gasteiger partial charge >= 0.3 is 0 Å². The summed E-state index contributed by atoms with van der Waals surface area (Å²) in [5.74, 6) is 1.34. The van der Waals surface area contributed by atoms with Gasteiger partial charge in [-0.2, -0.15) is 0 Å². The molecule has 2 nitrogen and oxygen atoms in total. The predicted octanol–water partition coefficient (Wildman–Crippen LogP) is 4.20. The molecular formula is C15H24ClNO. The fourth-order valence-corrected chi connectivity index (χ4v) is 2.53. The fourth-order valence-electron chi connectivity index (χ4n) is 2.38. The zero-order valence-electron chi connectivity index (χ0n) is 12.0. The molecule has 0 spiro atoms. The van der Waals surface area contributed by atoms with Crippen LogP contribution in [0.3, 0.4) is 0 Å². The molecule has 1 rings (SSSR count). The maximum absolute atomic E-state index is 6.34. The third-order valence-corrected chi connectivity index (χ3v) is 4.04. The number of rotatable bonds is 5. The summed E-state index contributed by atoms with van der Waals surface area (Å²) in [6.45, 7) is 8.32. The van der Waals surface area contributed by atoms with Crippen LogP contribution in [0.2, 0.25) is 5.02 Å². The molecule has 0 aliphatic rings. The summed E-state index contributed by atoms with van der Waals surface area (Å²) in [5, 5.41) is 0.846. The molecule has 0 heterocycles. The van der Waals surface area contributed by atoms with E-state index in [1.165, 1.54) is 5.56 Å². The van der Waals surface area contributed by atoms with Crippen molar-refractivity contribution in [1.29, 1.82) is 0 Å². The molecule has 2 N–H and O–H groups in total. The largest absolute Gasteiger partial charge is 0.496 e. The molecule has 3 heteroatoms. The Bertz CT molecular complexity index is 415. The van der Waals surface area contributed by atoms with Crippen LogP contribution in [0.25, 0.3) is 0 Å². The van der Waals surface area contributed by atoms with E-state index in [4.69, 9.17) is 22.1 Å². The van der Waals surface area contributed by atoms with Crippen molar-refractivity contribution in [3.63, 3.8) is 0 Å². The second-order valence-electron chi connectivity index (χ2n) is 5.20. The van der Waals surface area contributed by atoms with Gasteiger partial charge in [0.1, 0.15) is 5.75 Å². The minimum absolute atomic E-state index is 0.236. The van der Waals surface area contributed by atoms with Crippen LogP contribution >= 0.6 is 11.6 Å². The lowest BCUT2D eigenvalue weighted by Gasteiger charge is -2.21. The number of halogens is 1. The normalized spacial score (nSPS) is 14.4. The summed E-state index contributed by atoms with van der Waals surface area (Å²) in [4.78, 5) is 0. The summed E-state index contributed by atoms with van der Waals surface area (Å²) in [6.07, 6.45) is 2.06. The number of methoxy groups -OCH3 is 1. The first-order valence-electron chi connectivity index (χ1n) is 6.47. The van der Waals surface area contributed by atoms with Crippen LogP contribution < -0.4 is 10.5 Å². The highest BCUT2D eigenvalue weighted by Gasteiger charge is 2.18. The molecule has 0 amide bonds. The number of benzene rings is 1. The van der Waals surface area contributed by atoms with Crippen LogP contribution in [0.15, 0.2) is 6.07 Å². The average molecular weight is 270 g/mol. The Kier molecular flexibility index (Phi) is 5.48. The Morgan fingerprint density at radius 2 is 1.89 bits per heavy atom.